The summed E-state index contributed by atoms with van der Waals surface area (Å²) in [6.07, 6.45) is 2.76. The summed E-state index contributed by atoms with van der Waals surface area (Å²) in [5, 5.41) is 13.5. The molecule has 2 heterocycles. The Bertz CT molecular complexity index is 1060. The molecule has 0 saturated carbocycles. The molecule has 1 aliphatic heterocycles. The second-order valence-electron chi connectivity index (χ2n) is 5.65. The molecule has 2 aromatic rings. The number of nitro groups is 1. The van der Waals surface area contributed by atoms with Gasteiger partial charge in [0.05, 0.1) is 4.92 Å². The van der Waals surface area contributed by atoms with Gasteiger partial charge < -0.3 is 4.42 Å². The number of rotatable bonds is 5. The summed E-state index contributed by atoms with van der Waals surface area (Å²) >= 11 is 10.8. The molecule has 28 heavy (non-hydrogen) atoms. The third-order valence-electron chi connectivity index (χ3n) is 3.84. The predicted molar refractivity (Wildman–Crippen MR) is 106 cm³/mol. The zero-order chi connectivity index (χ0) is 20.4. The van der Waals surface area contributed by atoms with Crippen molar-refractivity contribution in [2.24, 2.45) is 0 Å². The third kappa shape index (κ3) is 3.71. The Kier molecular flexibility index (Phi) is 5.39. The Hall–Kier alpha value is -3.30. The Labute approximate surface area is 169 Å². The van der Waals surface area contributed by atoms with Crippen LogP contribution in [-0.2, 0) is 9.59 Å². The molecule has 1 aliphatic rings. The lowest BCUT2D eigenvalue weighted by Gasteiger charge is -2.27. The number of halogens is 1. The topological polar surface area (TPSA) is 106 Å². The van der Waals surface area contributed by atoms with Gasteiger partial charge in [0.1, 0.15) is 22.1 Å². The highest BCUT2D eigenvalue weighted by molar-refractivity contribution is 7.80. The minimum atomic E-state index is -0.643. The fourth-order valence-corrected chi connectivity index (χ4v) is 2.96. The first-order valence-corrected chi connectivity index (χ1v) is 8.64. The van der Waals surface area contributed by atoms with Gasteiger partial charge in [0.2, 0.25) is 0 Å². The van der Waals surface area contributed by atoms with Crippen LogP contribution in [0.15, 0.2) is 53.0 Å². The lowest BCUT2D eigenvalue weighted by atomic mass is 10.1. The van der Waals surface area contributed by atoms with E-state index in [9.17, 15) is 19.7 Å². The SMILES string of the molecule is C=CCN1C(=O)/C(=C/c2ccc(-c3ccc(Cl)c([N+](=O)[O-])c3)o2)C(=O)NC1=S. The molecular weight excluding hydrogens is 406 g/mol. The van der Waals surface area contributed by atoms with Crippen molar-refractivity contribution in [3.05, 3.63) is 69.5 Å². The van der Waals surface area contributed by atoms with E-state index in [1.54, 1.807) is 12.1 Å². The summed E-state index contributed by atoms with van der Waals surface area (Å²) in [4.78, 5) is 36.3. The van der Waals surface area contributed by atoms with Gasteiger partial charge in [0.15, 0.2) is 5.11 Å². The highest BCUT2D eigenvalue weighted by atomic mass is 35.5. The van der Waals surface area contributed by atoms with Crippen LogP contribution < -0.4 is 5.32 Å². The second-order valence-corrected chi connectivity index (χ2v) is 6.44. The van der Waals surface area contributed by atoms with Gasteiger partial charge in [-0.25, -0.2) is 0 Å². The molecule has 2 amide bonds. The number of hydrogen-bond donors (Lipinski definition) is 1. The van der Waals surface area contributed by atoms with Gasteiger partial charge >= 0.3 is 0 Å². The van der Waals surface area contributed by atoms with Crippen LogP contribution in [0.1, 0.15) is 5.76 Å². The van der Waals surface area contributed by atoms with Gasteiger partial charge in [0, 0.05) is 18.2 Å². The number of furan rings is 1. The van der Waals surface area contributed by atoms with Gasteiger partial charge in [-0.2, -0.15) is 0 Å². The second kappa shape index (κ2) is 7.75. The van der Waals surface area contributed by atoms with Crippen LogP contribution in [0, 0.1) is 10.1 Å². The van der Waals surface area contributed by atoms with E-state index in [1.165, 1.54) is 35.3 Å². The molecule has 1 aromatic carbocycles. The molecule has 3 rings (SSSR count). The third-order valence-corrected chi connectivity index (χ3v) is 4.48. The number of thiocarbonyl (C=S) groups is 1. The molecule has 0 atom stereocenters. The van der Waals surface area contributed by atoms with Crippen LogP contribution in [0.3, 0.4) is 0 Å². The molecule has 0 radical (unpaired) electrons. The molecule has 10 heteroatoms. The van der Waals surface area contributed by atoms with Crippen molar-refractivity contribution in [3.63, 3.8) is 0 Å². The van der Waals surface area contributed by atoms with Crippen LogP contribution in [0.5, 0.6) is 0 Å². The van der Waals surface area contributed by atoms with E-state index in [0.717, 1.165) is 0 Å². The summed E-state index contributed by atoms with van der Waals surface area (Å²) in [6, 6.07) is 7.33. The Morgan fingerprint density at radius 2 is 2.07 bits per heavy atom. The fourth-order valence-electron chi connectivity index (χ4n) is 2.52. The van der Waals surface area contributed by atoms with Crippen molar-refractivity contribution >= 4 is 52.5 Å². The predicted octanol–water partition coefficient (Wildman–Crippen LogP) is 3.32. The van der Waals surface area contributed by atoms with E-state index in [-0.39, 0.29) is 33.7 Å². The maximum Gasteiger partial charge on any atom is 0.288 e. The number of nitrogens with zero attached hydrogens (tertiary/aromatic N) is 2. The van der Waals surface area contributed by atoms with Crippen molar-refractivity contribution in [3.8, 4) is 11.3 Å². The lowest BCUT2D eigenvalue weighted by molar-refractivity contribution is -0.384. The first kappa shape index (κ1) is 19.5. The van der Waals surface area contributed by atoms with Crippen LogP contribution in [0.4, 0.5) is 5.69 Å². The monoisotopic (exact) mass is 417 g/mol. The van der Waals surface area contributed by atoms with Crippen LogP contribution in [0.25, 0.3) is 17.4 Å². The first-order valence-electron chi connectivity index (χ1n) is 7.85. The van der Waals surface area contributed by atoms with E-state index in [4.69, 9.17) is 28.2 Å². The van der Waals surface area contributed by atoms with E-state index in [1.807, 2.05) is 0 Å². The molecule has 1 saturated heterocycles. The van der Waals surface area contributed by atoms with Crippen molar-refractivity contribution in [2.75, 3.05) is 6.54 Å². The van der Waals surface area contributed by atoms with E-state index in [2.05, 4.69) is 11.9 Å². The largest absolute Gasteiger partial charge is 0.457 e. The van der Waals surface area contributed by atoms with Crippen molar-refractivity contribution in [1.29, 1.82) is 0 Å². The zero-order valence-corrected chi connectivity index (χ0v) is 15.7. The molecular formula is C18H12ClN3O5S. The normalized spacial score (nSPS) is 15.7. The average Bonchev–Trinajstić information content (AvgIpc) is 3.11. The number of hydrogen-bond acceptors (Lipinski definition) is 6. The minimum absolute atomic E-state index is 0.000609. The van der Waals surface area contributed by atoms with Gasteiger partial charge in [-0.1, -0.05) is 17.7 Å². The molecule has 0 bridgehead atoms. The number of nitro benzene ring substituents is 1. The number of carbonyl (C=O) groups is 2. The Morgan fingerprint density at radius 1 is 1.32 bits per heavy atom. The van der Waals surface area contributed by atoms with Crippen molar-refractivity contribution in [2.45, 2.75) is 0 Å². The van der Waals surface area contributed by atoms with Crippen molar-refractivity contribution < 1.29 is 18.9 Å². The fraction of sp³-hybridized carbons (Fsp3) is 0.0556. The molecule has 1 fully saturated rings. The summed E-state index contributed by atoms with van der Waals surface area (Å²) in [5.41, 5.74) is 0.0129. The quantitative estimate of drug-likeness (QED) is 0.200. The highest BCUT2D eigenvalue weighted by Crippen LogP contribution is 2.31. The molecule has 0 spiro atoms. The van der Waals surface area contributed by atoms with Gasteiger partial charge in [-0.15, -0.1) is 6.58 Å². The summed E-state index contributed by atoms with van der Waals surface area (Å²) in [6.45, 7) is 3.70. The Balaban J connectivity index is 1.94. The van der Waals surface area contributed by atoms with Gasteiger partial charge in [-0.3, -0.25) is 29.9 Å². The molecule has 8 nitrogen and oxygen atoms in total. The Morgan fingerprint density at radius 3 is 2.75 bits per heavy atom. The van der Waals surface area contributed by atoms with Crippen LogP contribution in [0.2, 0.25) is 5.02 Å². The van der Waals surface area contributed by atoms with E-state index < -0.39 is 16.7 Å². The number of carbonyl (C=O) groups excluding carboxylic acids is 2. The molecule has 0 aliphatic carbocycles. The van der Waals surface area contributed by atoms with E-state index in [0.29, 0.717) is 11.3 Å². The maximum absolute atomic E-state index is 12.5. The summed E-state index contributed by atoms with van der Waals surface area (Å²) in [7, 11) is 0. The standard InChI is InChI=1S/C18H12ClN3O5S/c1-2-7-21-17(24)12(16(23)20-18(21)28)9-11-4-6-15(27-11)10-3-5-13(19)14(8-10)22(25)26/h2-6,8-9H,1,7H2,(H,20,23,28)/b12-9+. The molecule has 1 aromatic heterocycles. The number of benzene rings is 1. The molecule has 0 unspecified atom stereocenters. The smallest absolute Gasteiger partial charge is 0.288 e. The highest BCUT2D eigenvalue weighted by Gasteiger charge is 2.32. The maximum atomic E-state index is 12.5. The molecule has 1 N–H and O–H groups in total. The van der Waals surface area contributed by atoms with E-state index >= 15 is 0 Å². The summed E-state index contributed by atoms with van der Waals surface area (Å²) < 4.78 is 5.62. The van der Waals surface area contributed by atoms with Crippen LogP contribution in [-0.4, -0.2) is 33.3 Å². The van der Waals surface area contributed by atoms with Gasteiger partial charge in [0.25, 0.3) is 17.5 Å². The van der Waals surface area contributed by atoms with Gasteiger partial charge in [-0.05, 0) is 42.6 Å². The number of nitrogens with one attached hydrogen (secondary N) is 1. The summed E-state index contributed by atoms with van der Waals surface area (Å²) in [5.74, 6) is -0.685. The average molecular weight is 418 g/mol. The molecule has 142 valence electrons. The minimum Gasteiger partial charge on any atom is -0.457 e. The lowest BCUT2D eigenvalue weighted by Crippen LogP contribution is -2.53. The zero-order valence-electron chi connectivity index (χ0n) is 14.2. The van der Waals surface area contributed by atoms with Crippen LogP contribution >= 0.6 is 23.8 Å². The number of amides is 2. The first-order chi connectivity index (χ1) is 13.3. The van der Waals surface area contributed by atoms with Crippen molar-refractivity contribution in [1.82, 2.24) is 10.2 Å².